The number of aliphatic carboxylic acids is 1. The average Bonchev–Trinajstić information content (AvgIpc) is 2.86. The summed E-state index contributed by atoms with van der Waals surface area (Å²) in [5, 5.41) is 15.7. The van der Waals surface area contributed by atoms with E-state index >= 15 is 0 Å². The van der Waals surface area contributed by atoms with Gasteiger partial charge in [-0.3, -0.25) is 4.79 Å². The van der Waals surface area contributed by atoms with Crippen LogP contribution in [0.4, 0.5) is 16.2 Å². The van der Waals surface area contributed by atoms with E-state index in [-0.39, 0.29) is 5.91 Å². The van der Waals surface area contributed by atoms with E-state index in [0.717, 1.165) is 24.0 Å². The third kappa shape index (κ3) is 5.93. The lowest BCUT2D eigenvalue weighted by Gasteiger charge is -2.33. The minimum Gasteiger partial charge on any atom is -0.480 e. The van der Waals surface area contributed by atoms with E-state index in [1.165, 1.54) is 4.90 Å². The number of nitrogens with zero attached hydrogens (tertiary/aromatic N) is 1. The van der Waals surface area contributed by atoms with E-state index in [1.54, 1.807) is 42.5 Å². The highest BCUT2D eigenvalue weighted by Crippen LogP contribution is 2.27. The number of benzene rings is 3. The number of carbonyl (C=O) groups excluding carboxylic acids is 2. The van der Waals surface area contributed by atoms with Crippen molar-refractivity contribution in [2.45, 2.75) is 25.3 Å². The summed E-state index contributed by atoms with van der Waals surface area (Å²) < 4.78 is 0. The number of carboxylic acids is 1. The smallest absolute Gasteiger partial charge is 0.326 e. The monoisotopic (exact) mass is 511 g/mol. The maximum atomic E-state index is 12.9. The molecule has 3 N–H and O–H groups in total. The highest BCUT2D eigenvalue weighted by Gasteiger charge is 2.32. The fourth-order valence-corrected chi connectivity index (χ4v) is 4.36. The van der Waals surface area contributed by atoms with Crippen LogP contribution >= 0.6 is 23.2 Å². The van der Waals surface area contributed by atoms with E-state index in [1.807, 2.05) is 24.3 Å². The number of likely N-dealkylation sites (tertiary alicyclic amines) is 1. The number of piperidine rings is 1. The number of hydrogen-bond donors (Lipinski definition) is 3. The van der Waals surface area contributed by atoms with E-state index in [0.29, 0.717) is 39.9 Å². The molecule has 3 aromatic carbocycles. The number of rotatable bonds is 5. The molecule has 0 saturated carbocycles. The standard InChI is InChI=1S/C26H23Cl2N3O4/c27-19-10-13-21(28)22(15-19)30-26(35)29-20-11-8-17(9-12-20)16-4-6-18(7-5-16)24(32)31-14-2-1-3-23(31)25(33)34/h4-13,15,23H,1-3,14H2,(H,33,34)(H2,29,30,35)/t23-/m0/s1. The molecule has 1 saturated heterocycles. The van der Waals surface area contributed by atoms with Crippen molar-refractivity contribution < 1.29 is 19.5 Å². The lowest BCUT2D eigenvalue weighted by Crippen LogP contribution is -2.47. The predicted octanol–water partition coefficient (Wildman–Crippen LogP) is 6.38. The molecule has 180 valence electrons. The number of carbonyl (C=O) groups is 3. The highest BCUT2D eigenvalue weighted by molar-refractivity contribution is 6.35. The largest absolute Gasteiger partial charge is 0.480 e. The molecular formula is C26H23Cl2N3O4. The quantitative estimate of drug-likeness (QED) is 0.369. The Labute approximate surface area is 212 Å². The molecule has 0 spiro atoms. The van der Waals surface area contributed by atoms with Crippen LogP contribution in [0.25, 0.3) is 11.1 Å². The molecule has 7 nitrogen and oxygen atoms in total. The van der Waals surface area contributed by atoms with Gasteiger partial charge in [-0.15, -0.1) is 0 Å². The van der Waals surface area contributed by atoms with Gasteiger partial charge in [0.2, 0.25) is 0 Å². The van der Waals surface area contributed by atoms with Gasteiger partial charge in [0.05, 0.1) is 10.7 Å². The van der Waals surface area contributed by atoms with Gasteiger partial charge in [0, 0.05) is 22.8 Å². The summed E-state index contributed by atoms with van der Waals surface area (Å²) in [5.41, 5.74) is 3.23. The van der Waals surface area contributed by atoms with Crippen molar-refractivity contribution in [1.82, 2.24) is 4.90 Å². The second-order valence-corrected chi connectivity index (χ2v) is 9.05. The zero-order valence-electron chi connectivity index (χ0n) is 18.6. The van der Waals surface area contributed by atoms with Crippen molar-refractivity contribution in [3.63, 3.8) is 0 Å². The fourth-order valence-electron chi connectivity index (χ4n) is 4.03. The molecule has 1 atom stereocenters. The van der Waals surface area contributed by atoms with Gasteiger partial charge in [-0.05, 0) is 72.9 Å². The van der Waals surface area contributed by atoms with Gasteiger partial charge in [0.15, 0.2) is 0 Å². The van der Waals surface area contributed by atoms with Crippen LogP contribution in [0, 0.1) is 0 Å². The summed E-state index contributed by atoms with van der Waals surface area (Å²) in [5.74, 6) is -1.23. The highest BCUT2D eigenvalue weighted by atomic mass is 35.5. The first-order chi connectivity index (χ1) is 16.8. The summed E-state index contributed by atoms with van der Waals surface area (Å²) in [7, 11) is 0. The number of anilines is 2. The molecule has 35 heavy (non-hydrogen) atoms. The number of urea groups is 1. The Kier molecular flexibility index (Phi) is 7.58. The van der Waals surface area contributed by atoms with Crippen LogP contribution in [0.15, 0.2) is 66.7 Å². The van der Waals surface area contributed by atoms with Gasteiger partial charge in [-0.25, -0.2) is 9.59 Å². The first-order valence-corrected chi connectivity index (χ1v) is 11.8. The molecule has 0 radical (unpaired) electrons. The molecule has 0 aromatic heterocycles. The van der Waals surface area contributed by atoms with E-state index in [9.17, 15) is 19.5 Å². The fraction of sp³-hybridized carbons (Fsp3) is 0.192. The van der Waals surface area contributed by atoms with Gasteiger partial charge < -0.3 is 20.6 Å². The van der Waals surface area contributed by atoms with E-state index in [2.05, 4.69) is 10.6 Å². The van der Waals surface area contributed by atoms with Crippen molar-refractivity contribution in [2.75, 3.05) is 17.2 Å². The molecule has 1 heterocycles. The van der Waals surface area contributed by atoms with Crippen LogP contribution in [-0.2, 0) is 4.79 Å². The SMILES string of the molecule is O=C(Nc1ccc(-c2ccc(C(=O)N3CCCC[C@H]3C(=O)O)cc2)cc1)Nc1cc(Cl)ccc1Cl. The normalized spacial score (nSPS) is 15.4. The van der Waals surface area contributed by atoms with Gasteiger partial charge in [-0.2, -0.15) is 0 Å². The molecule has 0 bridgehead atoms. The molecule has 1 aliphatic heterocycles. The Bertz CT molecular complexity index is 1250. The molecule has 3 aromatic rings. The predicted molar refractivity (Wildman–Crippen MR) is 137 cm³/mol. The van der Waals surface area contributed by atoms with Crippen LogP contribution in [0.5, 0.6) is 0 Å². The number of halogens is 2. The van der Waals surface area contributed by atoms with Crippen LogP contribution in [0.1, 0.15) is 29.6 Å². The molecular weight excluding hydrogens is 489 g/mol. The maximum absolute atomic E-state index is 12.9. The van der Waals surface area contributed by atoms with E-state index < -0.39 is 18.0 Å². The topological polar surface area (TPSA) is 98.7 Å². The summed E-state index contributed by atoms with van der Waals surface area (Å²) >= 11 is 12.0. The lowest BCUT2D eigenvalue weighted by atomic mass is 9.99. The van der Waals surface area contributed by atoms with Gasteiger partial charge in [0.25, 0.3) is 5.91 Å². The molecule has 0 aliphatic carbocycles. The van der Waals surface area contributed by atoms with Crippen molar-refractivity contribution in [2.24, 2.45) is 0 Å². The second kappa shape index (κ2) is 10.8. The number of nitrogens with one attached hydrogen (secondary N) is 2. The molecule has 9 heteroatoms. The lowest BCUT2D eigenvalue weighted by molar-refractivity contribution is -0.143. The zero-order chi connectivity index (χ0) is 24.9. The van der Waals surface area contributed by atoms with Gasteiger partial charge in [-0.1, -0.05) is 47.5 Å². The molecule has 0 unspecified atom stereocenters. The first-order valence-electron chi connectivity index (χ1n) is 11.1. The summed E-state index contributed by atoms with van der Waals surface area (Å²) in [6.07, 6.45) is 2.09. The van der Waals surface area contributed by atoms with Crippen molar-refractivity contribution >= 4 is 52.5 Å². The Morgan fingerprint density at radius 1 is 0.857 bits per heavy atom. The number of hydrogen-bond acceptors (Lipinski definition) is 3. The average molecular weight is 512 g/mol. The van der Waals surface area contributed by atoms with Gasteiger partial charge in [0.1, 0.15) is 6.04 Å². The van der Waals surface area contributed by atoms with Crippen LogP contribution in [-0.4, -0.2) is 40.5 Å². The zero-order valence-corrected chi connectivity index (χ0v) is 20.1. The van der Waals surface area contributed by atoms with E-state index in [4.69, 9.17) is 23.2 Å². The molecule has 3 amide bonds. The molecule has 4 rings (SSSR count). The molecule has 1 fully saturated rings. The Morgan fingerprint density at radius 3 is 2.17 bits per heavy atom. The van der Waals surface area contributed by atoms with Crippen molar-refractivity contribution in [3.05, 3.63) is 82.3 Å². The number of amides is 3. The third-order valence-electron chi connectivity index (χ3n) is 5.83. The van der Waals surface area contributed by atoms with Crippen LogP contribution < -0.4 is 10.6 Å². The van der Waals surface area contributed by atoms with Crippen molar-refractivity contribution in [1.29, 1.82) is 0 Å². The van der Waals surface area contributed by atoms with Crippen LogP contribution in [0.3, 0.4) is 0 Å². The van der Waals surface area contributed by atoms with Gasteiger partial charge >= 0.3 is 12.0 Å². The third-order valence-corrected chi connectivity index (χ3v) is 6.40. The minimum absolute atomic E-state index is 0.269. The maximum Gasteiger partial charge on any atom is 0.326 e. The Morgan fingerprint density at radius 2 is 1.51 bits per heavy atom. The number of carboxylic acid groups (broad SMARTS) is 1. The first kappa shape index (κ1) is 24.6. The Hall–Kier alpha value is -3.55. The summed E-state index contributed by atoms with van der Waals surface area (Å²) in [4.78, 5) is 38.1. The summed E-state index contributed by atoms with van der Waals surface area (Å²) in [6, 6.07) is 17.9. The van der Waals surface area contributed by atoms with Crippen molar-refractivity contribution in [3.8, 4) is 11.1 Å². The minimum atomic E-state index is -0.965. The summed E-state index contributed by atoms with van der Waals surface area (Å²) in [6.45, 7) is 0.448. The second-order valence-electron chi connectivity index (χ2n) is 8.21. The Balaban J connectivity index is 1.40. The molecule has 1 aliphatic rings. The van der Waals surface area contributed by atoms with Crippen LogP contribution in [0.2, 0.25) is 10.0 Å².